The highest BCUT2D eigenvalue weighted by Gasteiger charge is 2.19. The van der Waals surface area contributed by atoms with Crippen LogP contribution in [0.1, 0.15) is 19.4 Å². The van der Waals surface area contributed by atoms with Gasteiger partial charge in [-0.3, -0.25) is 0 Å². The summed E-state index contributed by atoms with van der Waals surface area (Å²) in [5, 5.41) is 2.85. The normalized spacial score (nSPS) is 13.7. The Morgan fingerprint density at radius 2 is 2.12 bits per heavy atom. The number of nitrogens with one attached hydrogen (secondary N) is 2. The minimum absolute atomic E-state index is 0.0897. The second-order valence-electron chi connectivity index (χ2n) is 5.09. The minimum Gasteiger partial charge on any atom is -0.496 e. The molecule has 0 aromatic heterocycles. The first-order chi connectivity index (χ1) is 12.6. The van der Waals surface area contributed by atoms with E-state index in [4.69, 9.17) is 4.74 Å². The smallest absolute Gasteiger partial charge is 0.321 e. The van der Waals surface area contributed by atoms with E-state index >= 15 is 0 Å². The van der Waals surface area contributed by atoms with Crippen LogP contribution < -0.4 is 10.0 Å². The van der Waals surface area contributed by atoms with E-state index in [2.05, 4.69) is 23.2 Å². The van der Waals surface area contributed by atoms with E-state index in [9.17, 15) is 4.79 Å². The zero-order chi connectivity index (χ0) is 19.5. The first-order valence-electron chi connectivity index (χ1n) is 8.36. The number of hydrogen-bond acceptors (Lipinski definition) is 4. The number of methoxy groups -OCH3 is 1. The maximum Gasteiger partial charge on any atom is 0.321 e. The van der Waals surface area contributed by atoms with Gasteiger partial charge in [0.05, 0.1) is 12.0 Å². The second kappa shape index (κ2) is 11.1. The Labute approximate surface area is 160 Å². The largest absolute Gasteiger partial charge is 0.496 e. The molecule has 6 heteroatoms. The summed E-state index contributed by atoms with van der Waals surface area (Å²) >= 11 is 1.42. The monoisotopic (exact) mass is 373 g/mol. The van der Waals surface area contributed by atoms with Crippen molar-refractivity contribution in [3.63, 3.8) is 0 Å². The van der Waals surface area contributed by atoms with Crippen LogP contribution in [0, 0.1) is 0 Å². The van der Waals surface area contributed by atoms with Crippen LogP contribution in [0.2, 0.25) is 0 Å². The van der Waals surface area contributed by atoms with Gasteiger partial charge in [-0.2, -0.15) is 0 Å². The number of ether oxygens (including phenoxy) is 1. The van der Waals surface area contributed by atoms with Gasteiger partial charge in [-0.25, -0.2) is 4.79 Å². The van der Waals surface area contributed by atoms with Gasteiger partial charge in [-0.05, 0) is 47.9 Å². The number of rotatable bonds is 7. The van der Waals surface area contributed by atoms with Crippen LogP contribution in [0.4, 0.5) is 16.2 Å². The quantitative estimate of drug-likeness (QED) is 0.374. The van der Waals surface area contributed by atoms with Gasteiger partial charge < -0.3 is 19.7 Å². The molecule has 0 saturated heterocycles. The number of benzene rings is 1. The molecule has 2 N–H and O–H groups in total. The Bertz CT molecular complexity index is 711. The minimum atomic E-state index is -0.0897. The Kier molecular flexibility index (Phi) is 9.15. The Morgan fingerprint density at radius 3 is 2.73 bits per heavy atom. The van der Waals surface area contributed by atoms with Gasteiger partial charge >= 0.3 is 6.03 Å². The fourth-order valence-corrected chi connectivity index (χ4v) is 2.94. The van der Waals surface area contributed by atoms with Gasteiger partial charge in [0.25, 0.3) is 0 Å². The number of nitrogens with zero attached hydrogens (tertiary/aromatic N) is 1. The number of amides is 2. The molecule has 0 saturated carbocycles. The Morgan fingerprint density at radius 1 is 1.38 bits per heavy atom. The number of carbonyl (C=O) groups excluding carboxylic acids is 1. The molecule has 0 unspecified atom stereocenters. The molecule has 2 rings (SSSR count). The standard InChI is InChI=1S/C18H21N3O2S.C2H6/c1-5-7-8-17(16(6-2)23-4)24-20-14-9-10-15-13(11-14)12-21(3)18(22)19-15;1-2/h5-11,20H,1-2,12H2,3-4H3,(H,19,22);1-2H3/b8-7-,17-16-;. The van der Waals surface area contributed by atoms with Crippen molar-refractivity contribution >= 4 is 29.4 Å². The predicted octanol–water partition coefficient (Wildman–Crippen LogP) is 5.54. The van der Waals surface area contributed by atoms with Gasteiger partial charge in [-0.1, -0.05) is 39.2 Å². The first kappa shape index (κ1) is 21.4. The molecule has 0 radical (unpaired) electrons. The molecule has 1 heterocycles. The molecule has 2 amide bonds. The number of carbonyl (C=O) groups is 1. The Hall–Kier alpha value is -2.60. The van der Waals surface area contributed by atoms with E-state index in [0.717, 1.165) is 21.8 Å². The van der Waals surface area contributed by atoms with Gasteiger partial charge in [0.2, 0.25) is 0 Å². The van der Waals surface area contributed by atoms with Crippen LogP contribution in [0.15, 0.2) is 66.3 Å². The zero-order valence-electron chi connectivity index (χ0n) is 15.8. The van der Waals surface area contributed by atoms with E-state index in [1.165, 1.54) is 11.9 Å². The molecular weight excluding hydrogens is 346 g/mol. The molecule has 5 nitrogen and oxygen atoms in total. The SMILES string of the molecule is C=C/C=C\C(SNc1ccc2c(c1)CN(C)C(=O)N2)=C(/C=C)OC.CC. The van der Waals surface area contributed by atoms with Gasteiger partial charge in [0, 0.05) is 25.0 Å². The molecular formula is C20H27N3O2S. The summed E-state index contributed by atoms with van der Waals surface area (Å²) in [5.74, 6) is 0.676. The molecule has 0 bridgehead atoms. The number of anilines is 2. The summed E-state index contributed by atoms with van der Waals surface area (Å²) < 4.78 is 8.62. The molecule has 140 valence electrons. The van der Waals surface area contributed by atoms with E-state index in [1.54, 1.807) is 31.2 Å². The van der Waals surface area contributed by atoms with Gasteiger partial charge in [-0.15, -0.1) is 0 Å². The molecule has 1 aliphatic heterocycles. The predicted molar refractivity (Wildman–Crippen MR) is 113 cm³/mol. The lowest BCUT2D eigenvalue weighted by Gasteiger charge is -2.26. The fourth-order valence-electron chi connectivity index (χ4n) is 2.17. The Balaban J connectivity index is 0.00000163. The average molecular weight is 374 g/mol. The van der Waals surface area contributed by atoms with Crippen LogP contribution in [0.5, 0.6) is 0 Å². The number of hydrogen-bond donors (Lipinski definition) is 2. The van der Waals surface area contributed by atoms with Crippen LogP contribution in [-0.2, 0) is 11.3 Å². The molecule has 0 spiro atoms. The van der Waals surface area contributed by atoms with E-state index < -0.39 is 0 Å². The van der Waals surface area contributed by atoms with Gasteiger partial charge in [0.15, 0.2) is 0 Å². The summed E-state index contributed by atoms with van der Waals surface area (Å²) in [6, 6.07) is 5.75. The van der Waals surface area contributed by atoms with E-state index in [1.807, 2.05) is 44.2 Å². The molecule has 0 fully saturated rings. The summed E-state index contributed by atoms with van der Waals surface area (Å²) in [6.07, 6.45) is 7.10. The van der Waals surface area contributed by atoms with Crippen LogP contribution in [0.25, 0.3) is 0 Å². The lowest BCUT2D eigenvalue weighted by molar-refractivity contribution is 0.218. The highest BCUT2D eigenvalue weighted by atomic mass is 32.2. The van der Waals surface area contributed by atoms with Crippen molar-refractivity contribution < 1.29 is 9.53 Å². The summed E-state index contributed by atoms with van der Waals surface area (Å²) in [5.41, 5.74) is 2.84. The third-order valence-corrected chi connectivity index (χ3v) is 4.31. The number of fused-ring (bicyclic) bond motifs is 1. The van der Waals surface area contributed by atoms with Crippen molar-refractivity contribution in [1.82, 2.24) is 4.90 Å². The van der Waals surface area contributed by atoms with Crippen molar-refractivity contribution in [3.05, 3.63) is 71.9 Å². The van der Waals surface area contributed by atoms with E-state index in [-0.39, 0.29) is 6.03 Å². The maximum absolute atomic E-state index is 11.6. The molecule has 1 aromatic carbocycles. The molecule has 1 aliphatic rings. The molecule has 26 heavy (non-hydrogen) atoms. The topological polar surface area (TPSA) is 53.6 Å². The zero-order valence-corrected chi connectivity index (χ0v) is 16.7. The maximum atomic E-state index is 11.6. The summed E-state index contributed by atoms with van der Waals surface area (Å²) in [4.78, 5) is 14.2. The average Bonchev–Trinajstić information content (AvgIpc) is 2.66. The highest BCUT2D eigenvalue weighted by molar-refractivity contribution is 8.04. The van der Waals surface area contributed by atoms with Gasteiger partial charge in [0.1, 0.15) is 5.76 Å². The van der Waals surface area contributed by atoms with E-state index in [0.29, 0.717) is 12.3 Å². The van der Waals surface area contributed by atoms with Crippen LogP contribution >= 0.6 is 11.9 Å². The van der Waals surface area contributed by atoms with Crippen LogP contribution in [-0.4, -0.2) is 25.1 Å². The van der Waals surface area contributed by atoms with Crippen molar-refractivity contribution in [2.45, 2.75) is 20.4 Å². The van der Waals surface area contributed by atoms with Crippen molar-refractivity contribution in [1.29, 1.82) is 0 Å². The van der Waals surface area contributed by atoms with Crippen molar-refractivity contribution in [2.75, 3.05) is 24.2 Å². The lowest BCUT2D eigenvalue weighted by atomic mass is 10.1. The van der Waals surface area contributed by atoms with Crippen molar-refractivity contribution in [3.8, 4) is 0 Å². The summed E-state index contributed by atoms with van der Waals surface area (Å²) in [6.45, 7) is 12.0. The molecule has 0 atom stereocenters. The number of allylic oxidation sites excluding steroid dienone is 4. The third-order valence-electron chi connectivity index (χ3n) is 3.41. The fraction of sp³-hybridized carbons (Fsp3) is 0.250. The molecule has 0 aliphatic carbocycles. The first-order valence-corrected chi connectivity index (χ1v) is 9.18. The third kappa shape index (κ3) is 5.74. The van der Waals surface area contributed by atoms with Crippen molar-refractivity contribution in [2.24, 2.45) is 0 Å². The second-order valence-corrected chi connectivity index (χ2v) is 5.94. The lowest BCUT2D eigenvalue weighted by Crippen LogP contribution is -2.35. The van der Waals surface area contributed by atoms with Crippen LogP contribution in [0.3, 0.4) is 0 Å². The summed E-state index contributed by atoms with van der Waals surface area (Å²) in [7, 11) is 3.37. The highest BCUT2D eigenvalue weighted by Crippen LogP contribution is 2.29. The molecule has 1 aromatic rings. The number of urea groups is 1.